The van der Waals surface area contributed by atoms with Gasteiger partial charge in [0.15, 0.2) is 0 Å². The molecule has 29 heavy (non-hydrogen) atoms. The number of hydrogen-bond donors (Lipinski definition) is 0. The van der Waals surface area contributed by atoms with E-state index in [-0.39, 0.29) is 5.56 Å². The molecule has 0 aliphatic heterocycles. The maximum atomic E-state index is 13.4. The van der Waals surface area contributed by atoms with E-state index in [9.17, 15) is 14.4 Å². The van der Waals surface area contributed by atoms with Crippen LogP contribution in [0, 0.1) is 0 Å². The Morgan fingerprint density at radius 3 is 2.24 bits per heavy atom. The van der Waals surface area contributed by atoms with E-state index in [0.717, 1.165) is 0 Å². The fraction of sp³-hybridized carbons (Fsp3) is 0. The lowest BCUT2D eigenvalue weighted by molar-refractivity contribution is 0.564. The molecule has 0 saturated carbocycles. The van der Waals surface area contributed by atoms with E-state index < -0.39 is 0 Å². The van der Waals surface area contributed by atoms with Crippen molar-refractivity contribution < 1.29 is 9.59 Å². The van der Waals surface area contributed by atoms with Gasteiger partial charge in [-0.3, -0.25) is 9.36 Å². The minimum absolute atomic E-state index is 0.316. The first-order chi connectivity index (χ1) is 14.2. The number of para-hydroxylation sites is 1. The second-order valence-corrected chi connectivity index (χ2v) is 6.07. The highest BCUT2D eigenvalue weighted by Crippen LogP contribution is 2.26. The first kappa shape index (κ1) is 17.9. The molecule has 1 aromatic heterocycles. The summed E-state index contributed by atoms with van der Waals surface area (Å²) >= 11 is 0. The molecule has 0 spiro atoms. The largest absolute Gasteiger partial charge is 0.268 e. The maximum Gasteiger partial charge on any atom is 0.266 e. The highest BCUT2D eigenvalue weighted by Gasteiger charge is 2.15. The Hall–Kier alpha value is -4.44. The van der Waals surface area contributed by atoms with E-state index in [1.54, 1.807) is 48.5 Å². The Kier molecular flexibility index (Phi) is 4.74. The molecule has 0 bridgehead atoms. The Balaban J connectivity index is 2.09. The second-order valence-electron chi connectivity index (χ2n) is 6.07. The van der Waals surface area contributed by atoms with E-state index in [1.807, 2.05) is 18.2 Å². The quantitative estimate of drug-likeness (QED) is 0.395. The average Bonchev–Trinajstić information content (AvgIpc) is 2.75. The smallest absolute Gasteiger partial charge is 0.266 e. The number of benzene rings is 3. The molecule has 0 aliphatic rings. The summed E-state index contributed by atoms with van der Waals surface area (Å²) in [6.45, 7) is 0. The molecular formula is C22H12N4O3. The molecule has 0 fully saturated rings. The Labute approximate surface area is 164 Å². The van der Waals surface area contributed by atoms with Gasteiger partial charge in [-0.15, -0.1) is 0 Å². The van der Waals surface area contributed by atoms with Gasteiger partial charge < -0.3 is 0 Å². The molecule has 0 radical (unpaired) electrons. The highest BCUT2D eigenvalue weighted by molar-refractivity contribution is 5.84. The van der Waals surface area contributed by atoms with Crippen molar-refractivity contribution in [1.82, 2.24) is 9.55 Å². The van der Waals surface area contributed by atoms with Crippen molar-refractivity contribution in [2.75, 3.05) is 0 Å². The number of isocyanates is 2. The van der Waals surface area contributed by atoms with Crippen LogP contribution >= 0.6 is 0 Å². The summed E-state index contributed by atoms with van der Waals surface area (Å²) in [5, 5.41) is 0.316. The predicted octanol–water partition coefficient (Wildman–Crippen LogP) is 3.99. The third kappa shape index (κ3) is 3.42. The Morgan fingerprint density at radius 2 is 1.52 bits per heavy atom. The fourth-order valence-corrected chi connectivity index (χ4v) is 3.07. The van der Waals surface area contributed by atoms with Gasteiger partial charge in [-0.05, 0) is 42.5 Å². The van der Waals surface area contributed by atoms with Crippen molar-refractivity contribution in [3.8, 4) is 17.1 Å². The van der Waals surface area contributed by atoms with Crippen molar-refractivity contribution >= 4 is 34.4 Å². The van der Waals surface area contributed by atoms with Gasteiger partial charge >= 0.3 is 0 Å². The van der Waals surface area contributed by atoms with E-state index in [2.05, 4.69) is 15.0 Å². The van der Waals surface area contributed by atoms with E-state index >= 15 is 0 Å². The average molecular weight is 380 g/mol. The van der Waals surface area contributed by atoms with Crippen LogP contribution in [0.25, 0.3) is 28.0 Å². The lowest BCUT2D eigenvalue weighted by Crippen LogP contribution is -2.21. The Morgan fingerprint density at radius 1 is 0.793 bits per heavy atom. The molecule has 4 aromatic rings. The van der Waals surface area contributed by atoms with Crippen LogP contribution in [-0.2, 0) is 9.59 Å². The summed E-state index contributed by atoms with van der Waals surface area (Å²) in [4.78, 5) is 46.5. The number of carbonyl (C=O) groups excluding carboxylic acids is 2. The molecule has 138 valence electrons. The normalized spacial score (nSPS) is 10.2. The zero-order chi connectivity index (χ0) is 20.2. The molecule has 0 unspecified atom stereocenters. The topological polar surface area (TPSA) is 93.8 Å². The molecule has 7 nitrogen and oxygen atoms in total. The molecule has 0 N–H and O–H groups in total. The van der Waals surface area contributed by atoms with Gasteiger partial charge in [-0.2, -0.15) is 9.98 Å². The van der Waals surface area contributed by atoms with Crippen molar-refractivity contribution in [1.29, 1.82) is 0 Å². The summed E-state index contributed by atoms with van der Waals surface area (Å²) in [6.07, 6.45) is 2.99. The minimum atomic E-state index is -0.316. The van der Waals surface area contributed by atoms with Gasteiger partial charge in [0.25, 0.3) is 5.56 Å². The number of aliphatic imine (C=N–C) groups is 2. The number of fused-ring (bicyclic) bond motifs is 1. The zero-order valence-electron chi connectivity index (χ0n) is 14.9. The van der Waals surface area contributed by atoms with E-state index in [4.69, 9.17) is 0 Å². The molecule has 4 rings (SSSR count). The molecule has 7 heteroatoms. The fourth-order valence-electron chi connectivity index (χ4n) is 3.07. The lowest BCUT2D eigenvalue weighted by atomic mass is 10.1. The molecule has 0 saturated heterocycles. The van der Waals surface area contributed by atoms with Gasteiger partial charge in [0.05, 0.1) is 28.0 Å². The van der Waals surface area contributed by atoms with E-state index in [0.29, 0.717) is 39.4 Å². The number of nitrogens with zero attached hydrogens (tertiary/aromatic N) is 4. The predicted molar refractivity (Wildman–Crippen MR) is 108 cm³/mol. The summed E-state index contributed by atoms with van der Waals surface area (Å²) < 4.78 is 1.47. The molecule has 0 amide bonds. The summed E-state index contributed by atoms with van der Waals surface area (Å²) in [5.74, 6) is 0.392. The maximum absolute atomic E-state index is 13.4. The third-order valence-electron chi connectivity index (χ3n) is 4.32. The SMILES string of the molecule is O=C=Nc1cccc(-c2nc3ccc(N=C=O)cc3c(=O)n2-c2ccccc2)c1. The van der Waals surface area contributed by atoms with Gasteiger partial charge in [0.2, 0.25) is 12.2 Å². The van der Waals surface area contributed by atoms with E-state index in [1.165, 1.54) is 22.8 Å². The van der Waals surface area contributed by atoms with Crippen LogP contribution in [0.5, 0.6) is 0 Å². The number of aromatic nitrogens is 2. The van der Waals surface area contributed by atoms with Crippen LogP contribution in [0.3, 0.4) is 0 Å². The minimum Gasteiger partial charge on any atom is -0.268 e. The van der Waals surface area contributed by atoms with Gasteiger partial charge in [0, 0.05) is 5.56 Å². The molecule has 0 aliphatic carbocycles. The summed E-state index contributed by atoms with van der Waals surface area (Å²) in [6, 6.07) is 20.6. The molecule has 3 aromatic carbocycles. The third-order valence-corrected chi connectivity index (χ3v) is 4.32. The van der Waals surface area contributed by atoms with Crippen LogP contribution in [0.4, 0.5) is 11.4 Å². The first-order valence-electron chi connectivity index (χ1n) is 8.59. The van der Waals surface area contributed by atoms with Crippen LogP contribution < -0.4 is 5.56 Å². The monoisotopic (exact) mass is 380 g/mol. The lowest BCUT2D eigenvalue weighted by Gasteiger charge is -2.14. The summed E-state index contributed by atoms with van der Waals surface area (Å²) in [7, 11) is 0. The molecular weight excluding hydrogens is 368 g/mol. The van der Waals surface area contributed by atoms with Crippen molar-refractivity contribution in [2.24, 2.45) is 9.98 Å². The standard InChI is InChI=1S/C22H12N4O3/c27-13-23-16-6-4-5-15(11-16)21-25-20-10-9-17(24-14-28)12-19(20)22(29)26(21)18-7-2-1-3-8-18/h1-12H. The molecule has 1 heterocycles. The van der Waals surface area contributed by atoms with Crippen LogP contribution in [-0.4, -0.2) is 21.7 Å². The number of rotatable bonds is 4. The van der Waals surface area contributed by atoms with Crippen LogP contribution in [0.1, 0.15) is 0 Å². The number of hydrogen-bond acceptors (Lipinski definition) is 6. The van der Waals surface area contributed by atoms with Crippen molar-refractivity contribution in [3.05, 3.63) is 83.2 Å². The van der Waals surface area contributed by atoms with Gasteiger partial charge in [-0.1, -0.05) is 30.3 Å². The van der Waals surface area contributed by atoms with Gasteiger partial charge in [-0.25, -0.2) is 14.6 Å². The van der Waals surface area contributed by atoms with Crippen molar-refractivity contribution in [2.45, 2.75) is 0 Å². The highest BCUT2D eigenvalue weighted by atomic mass is 16.1. The zero-order valence-corrected chi connectivity index (χ0v) is 14.9. The molecule has 0 atom stereocenters. The Bertz CT molecular complexity index is 1380. The second kappa shape index (κ2) is 7.66. The van der Waals surface area contributed by atoms with Gasteiger partial charge in [0.1, 0.15) is 5.82 Å². The van der Waals surface area contributed by atoms with Crippen molar-refractivity contribution in [3.63, 3.8) is 0 Å². The van der Waals surface area contributed by atoms with Crippen LogP contribution in [0.2, 0.25) is 0 Å². The first-order valence-corrected chi connectivity index (χ1v) is 8.59. The summed E-state index contributed by atoms with van der Waals surface area (Å²) in [5.41, 5.74) is 2.09. The van der Waals surface area contributed by atoms with Crippen LogP contribution in [0.15, 0.2) is 87.6 Å².